The van der Waals surface area contributed by atoms with E-state index in [9.17, 15) is 9.18 Å². The molecule has 1 unspecified atom stereocenters. The predicted octanol–water partition coefficient (Wildman–Crippen LogP) is 1.84. The van der Waals surface area contributed by atoms with Gasteiger partial charge in [-0.3, -0.25) is 4.79 Å². The molecule has 1 aliphatic rings. The van der Waals surface area contributed by atoms with Gasteiger partial charge in [0.25, 0.3) is 5.91 Å². The van der Waals surface area contributed by atoms with Crippen molar-refractivity contribution in [2.24, 2.45) is 0 Å². The second-order valence-electron chi connectivity index (χ2n) is 4.46. The van der Waals surface area contributed by atoms with Gasteiger partial charge in [-0.1, -0.05) is 19.1 Å². The molecule has 19 heavy (non-hydrogen) atoms. The number of rotatable bonds is 4. The fraction of sp³-hybridized carbons (Fsp3) is 0.500. The first-order valence-corrected chi connectivity index (χ1v) is 6.47. The first kappa shape index (κ1) is 13.8. The summed E-state index contributed by atoms with van der Waals surface area (Å²) in [6.45, 7) is 3.57. The number of carbonyl (C=O) groups excluding carboxylic acids is 1. The van der Waals surface area contributed by atoms with Gasteiger partial charge in [0.05, 0.1) is 12.7 Å². The molecule has 1 atom stereocenters. The Morgan fingerprint density at radius 3 is 3.05 bits per heavy atom. The molecule has 1 amide bonds. The van der Waals surface area contributed by atoms with Gasteiger partial charge in [0, 0.05) is 13.1 Å². The maximum Gasteiger partial charge on any atom is 0.260 e. The molecule has 0 aliphatic carbocycles. The van der Waals surface area contributed by atoms with E-state index in [1.165, 1.54) is 12.1 Å². The Kier molecular flexibility index (Phi) is 4.74. The summed E-state index contributed by atoms with van der Waals surface area (Å²) < 4.78 is 24.0. The van der Waals surface area contributed by atoms with E-state index in [1.807, 2.05) is 6.92 Å². The van der Waals surface area contributed by atoms with Crippen molar-refractivity contribution in [3.63, 3.8) is 0 Å². The number of hydrogen-bond acceptors (Lipinski definition) is 3. The normalized spacial score (nSPS) is 19.3. The van der Waals surface area contributed by atoms with Gasteiger partial charge in [-0.2, -0.15) is 0 Å². The number of benzene rings is 1. The highest BCUT2D eigenvalue weighted by Gasteiger charge is 2.23. The third-order valence-electron chi connectivity index (χ3n) is 3.13. The molecule has 1 heterocycles. The Balaban J connectivity index is 1.86. The lowest BCUT2D eigenvalue weighted by atomic mass is 10.2. The molecule has 0 N–H and O–H groups in total. The standard InChI is InChI=1S/C14H18FNO3/c1-2-11-9-16(7-8-18-11)14(17)10-19-13-6-4-3-5-12(13)15/h3-6,11H,2,7-10H2,1H3. The number of morpholine rings is 1. The first-order valence-electron chi connectivity index (χ1n) is 6.47. The molecule has 0 radical (unpaired) electrons. The third-order valence-corrected chi connectivity index (χ3v) is 3.13. The highest BCUT2D eigenvalue weighted by atomic mass is 19.1. The molecular formula is C14H18FNO3. The second kappa shape index (κ2) is 6.52. The van der Waals surface area contributed by atoms with E-state index >= 15 is 0 Å². The maximum absolute atomic E-state index is 13.3. The van der Waals surface area contributed by atoms with Crippen molar-refractivity contribution >= 4 is 5.91 Å². The largest absolute Gasteiger partial charge is 0.481 e. The zero-order valence-corrected chi connectivity index (χ0v) is 11.0. The van der Waals surface area contributed by atoms with Gasteiger partial charge in [0.15, 0.2) is 18.2 Å². The van der Waals surface area contributed by atoms with Crippen LogP contribution in [0.25, 0.3) is 0 Å². The molecule has 2 rings (SSSR count). The van der Waals surface area contributed by atoms with Gasteiger partial charge in [-0.25, -0.2) is 4.39 Å². The van der Waals surface area contributed by atoms with E-state index in [0.717, 1.165) is 6.42 Å². The highest BCUT2D eigenvalue weighted by molar-refractivity contribution is 5.77. The van der Waals surface area contributed by atoms with Crippen LogP contribution >= 0.6 is 0 Å². The van der Waals surface area contributed by atoms with E-state index in [0.29, 0.717) is 19.7 Å². The van der Waals surface area contributed by atoms with E-state index < -0.39 is 5.82 Å². The quantitative estimate of drug-likeness (QED) is 0.835. The van der Waals surface area contributed by atoms with E-state index in [-0.39, 0.29) is 24.4 Å². The average Bonchev–Trinajstić information content (AvgIpc) is 2.46. The Hall–Kier alpha value is -1.62. The Bertz CT molecular complexity index is 438. The zero-order valence-electron chi connectivity index (χ0n) is 11.0. The van der Waals surface area contributed by atoms with Crippen LogP contribution in [0.15, 0.2) is 24.3 Å². The molecule has 4 nitrogen and oxygen atoms in total. The van der Waals surface area contributed by atoms with Crippen molar-refractivity contribution < 1.29 is 18.7 Å². The van der Waals surface area contributed by atoms with Gasteiger partial charge in [0.1, 0.15) is 0 Å². The van der Waals surface area contributed by atoms with Crippen LogP contribution in [0.1, 0.15) is 13.3 Å². The molecular weight excluding hydrogens is 249 g/mol. The van der Waals surface area contributed by atoms with Crippen molar-refractivity contribution in [2.45, 2.75) is 19.4 Å². The summed E-state index contributed by atoms with van der Waals surface area (Å²) in [4.78, 5) is 13.7. The Morgan fingerprint density at radius 2 is 2.32 bits per heavy atom. The maximum atomic E-state index is 13.3. The summed E-state index contributed by atoms with van der Waals surface area (Å²) >= 11 is 0. The number of amides is 1. The summed E-state index contributed by atoms with van der Waals surface area (Å²) in [6.07, 6.45) is 0.962. The lowest BCUT2D eigenvalue weighted by Crippen LogP contribution is -2.47. The van der Waals surface area contributed by atoms with Crippen molar-refractivity contribution in [1.29, 1.82) is 0 Å². The average molecular weight is 267 g/mol. The lowest BCUT2D eigenvalue weighted by Gasteiger charge is -2.32. The van der Waals surface area contributed by atoms with Crippen molar-refractivity contribution in [2.75, 3.05) is 26.3 Å². The van der Waals surface area contributed by atoms with Crippen LogP contribution in [0, 0.1) is 5.82 Å². The highest BCUT2D eigenvalue weighted by Crippen LogP contribution is 2.15. The summed E-state index contributed by atoms with van der Waals surface area (Å²) in [6, 6.07) is 6.07. The summed E-state index contributed by atoms with van der Waals surface area (Å²) in [5, 5.41) is 0. The van der Waals surface area contributed by atoms with Crippen LogP contribution in [0.4, 0.5) is 4.39 Å². The minimum atomic E-state index is -0.455. The fourth-order valence-electron chi connectivity index (χ4n) is 1.99. The molecule has 0 bridgehead atoms. The van der Waals surface area contributed by atoms with E-state index in [4.69, 9.17) is 9.47 Å². The molecule has 0 spiro atoms. The van der Waals surface area contributed by atoms with Crippen LogP contribution < -0.4 is 4.74 Å². The Labute approximate surface area is 112 Å². The number of carbonyl (C=O) groups is 1. The van der Waals surface area contributed by atoms with Crippen LogP contribution in [0.3, 0.4) is 0 Å². The van der Waals surface area contributed by atoms with Gasteiger partial charge in [-0.05, 0) is 18.6 Å². The second-order valence-corrected chi connectivity index (χ2v) is 4.46. The third kappa shape index (κ3) is 3.67. The molecule has 1 fully saturated rings. The molecule has 1 aromatic rings. The summed E-state index contributed by atoms with van der Waals surface area (Å²) in [5.74, 6) is -0.482. The number of para-hydroxylation sites is 1. The predicted molar refractivity (Wildman–Crippen MR) is 68.5 cm³/mol. The van der Waals surface area contributed by atoms with Gasteiger partial charge in [-0.15, -0.1) is 0 Å². The zero-order chi connectivity index (χ0) is 13.7. The first-order chi connectivity index (χ1) is 9.20. The number of nitrogens with zero attached hydrogens (tertiary/aromatic N) is 1. The number of halogens is 1. The topological polar surface area (TPSA) is 38.8 Å². The lowest BCUT2D eigenvalue weighted by molar-refractivity contribution is -0.141. The van der Waals surface area contributed by atoms with Crippen LogP contribution in [-0.4, -0.2) is 43.2 Å². The van der Waals surface area contributed by atoms with Gasteiger partial charge >= 0.3 is 0 Å². The number of ether oxygens (including phenoxy) is 2. The minimum absolute atomic E-state index is 0.0890. The van der Waals surface area contributed by atoms with Crippen LogP contribution in [-0.2, 0) is 9.53 Å². The van der Waals surface area contributed by atoms with Crippen LogP contribution in [0.2, 0.25) is 0 Å². The summed E-state index contributed by atoms with van der Waals surface area (Å²) in [7, 11) is 0. The fourth-order valence-corrected chi connectivity index (χ4v) is 1.99. The molecule has 5 heteroatoms. The number of hydrogen-bond donors (Lipinski definition) is 0. The van der Waals surface area contributed by atoms with Crippen molar-refractivity contribution in [3.8, 4) is 5.75 Å². The molecule has 1 saturated heterocycles. The van der Waals surface area contributed by atoms with Crippen molar-refractivity contribution in [1.82, 2.24) is 4.90 Å². The molecule has 0 saturated carbocycles. The van der Waals surface area contributed by atoms with E-state index in [1.54, 1.807) is 17.0 Å². The van der Waals surface area contributed by atoms with Gasteiger partial charge in [0.2, 0.25) is 0 Å². The van der Waals surface area contributed by atoms with Gasteiger partial charge < -0.3 is 14.4 Å². The summed E-state index contributed by atoms with van der Waals surface area (Å²) in [5.41, 5.74) is 0. The molecule has 1 aromatic carbocycles. The van der Waals surface area contributed by atoms with Crippen LogP contribution in [0.5, 0.6) is 5.75 Å². The van der Waals surface area contributed by atoms with E-state index in [2.05, 4.69) is 0 Å². The monoisotopic (exact) mass is 267 g/mol. The molecule has 104 valence electrons. The SMILES string of the molecule is CCC1CN(C(=O)COc2ccccc2F)CCO1. The molecule has 0 aromatic heterocycles. The smallest absolute Gasteiger partial charge is 0.260 e. The Morgan fingerprint density at radius 1 is 1.53 bits per heavy atom. The minimum Gasteiger partial charge on any atom is -0.481 e. The molecule has 1 aliphatic heterocycles. The van der Waals surface area contributed by atoms with Crippen molar-refractivity contribution in [3.05, 3.63) is 30.1 Å².